The Balaban J connectivity index is 0.000000370. The second-order valence-corrected chi connectivity index (χ2v) is 6.27. The van der Waals surface area contributed by atoms with Gasteiger partial charge in [0.2, 0.25) is 0 Å². The number of nitrogens with one attached hydrogen (secondary N) is 1. The molecule has 0 aliphatic carbocycles. The molecule has 1 amide bonds. The molecule has 0 spiro atoms. The highest BCUT2D eigenvalue weighted by atomic mass is 79.9. The molecule has 2 heterocycles. The lowest BCUT2D eigenvalue weighted by Crippen LogP contribution is -2.22. The molecule has 8 nitrogen and oxygen atoms in total. The minimum absolute atomic E-state index is 0.147. The molecule has 2 aromatic heterocycles. The molecule has 0 fully saturated rings. The van der Waals surface area contributed by atoms with Gasteiger partial charge in [-0.15, -0.1) is 5.10 Å². The summed E-state index contributed by atoms with van der Waals surface area (Å²) in [6.07, 6.45) is 0.0647. The Morgan fingerprint density at radius 2 is 1.69 bits per heavy atom. The normalized spacial score (nSPS) is 10.6. The van der Waals surface area contributed by atoms with E-state index < -0.39 is 12.1 Å². The summed E-state index contributed by atoms with van der Waals surface area (Å²) in [4.78, 5) is 24.9. The van der Waals surface area contributed by atoms with Crippen LogP contribution in [0.25, 0.3) is 5.69 Å². The molecule has 12 heteroatoms. The SMILES string of the molecule is O=C(NCc1cn(-c2ccncc2)nn1)c1ccc(Br)cc1.O=C(O)C(F)(F)F. The minimum Gasteiger partial charge on any atom is -0.475 e. The zero-order chi connectivity index (χ0) is 21.4. The molecule has 0 unspecified atom stereocenters. The number of rotatable bonds is 4. The number of carbonyl (C=O) groups is 2. The van der Waals surface area contributed by atoms with Crippen LogP contribution in [0, 0.1) is 0 Å². The standard InChI is InChI=1S/C15H12BrN5O.C2HF3O2/c16-12-3-1-11(2-4-12)15(22)18-9-13-10-21(20-19-13)14-5-7-17-8-6-14;3-2(4,5)1(6)7/h1-8,10H,9H2,(H,18,22);(H,6,7). The zero-order valence-electron chi connectivity index (χ0n) is 14.5. The van der Waals surface area contributed by atoms with Gasteiger partial charge in [0, 0.05) is 22.4 Å². The number of nitrogens with zero attached hydrogens (tertiary/aromatic N) is 4. The summed E-state index contributed by atoms with van der Waals surface area (Å²) < 4.78 is 34.3. The first-order valence-corrected chi connectivity index (χ1v) is 8.61. The summed E-state index contributed by atoms with van der Waals surface area (Å²) in [5.41, 5.74) is 2.15. The zero-order valence-corrected chi connectivity index (χ0v) is 16.1. The van der Waals surface area contributed by atoms with Crippen LogP contribution in [-0.2, 0) is 11.3 Å². The van der Waals surface area contributed by atoms with Crippen molar-refractivity contribution >= 4 is 27.8 Å². The van der Waals surface area contributed by atoms with E-state index in [0.717, 1.165) is 10.2 Å². The number of carboxylic acid groups (broad SMARTS) is 1. The van der Waals surface area contributed by atoms with Crippen LogP contribution in [0.5, 0.6) is 0 Å². The van der Waals surface area contributed by atoms with Gasteiger partial charge < -0.3 is 10.4 Å². The highest BCUT2D eigenvalue weighted by molar-refractivity contribution is 9.10. The van der Waals surface area contributed by atoms with Gasteiger partial charge in [-0.05, 0) is 36.4 Å². The van der Waals surface area contributed by atoms with Crippen LogP contribution >= 0.6 is 15.9 Å². The van der Waals surface area contributed by atoms with Crippen LogP contribution in [-0.4, -0.2) is 43.1 Å². The van der Waals surface area contributed by atoms with E-state index >= 15 is 0 Å². The first kappa shape index (κ1) is 22.0. The Kier molecular flexibility index (Phi) is 7.42. The van der Waals surface area contributed by atoms with Crippen molar-refractivity contribution in [2.24, 2.45) is 0 Å². The van der Waals surface area contributed by atoms with E-state index in [9.17, 15) is 18.0 Å². The maximum atomic E-state index is 12.0. The van der Waals surface area contributed by atoms with Gasteiger partial charge in [-0.25, -0.2) is 9.48 Å². The molecule has 2 N–H and O–H groups in total. The van der Waals surface area contributed by atoms with Crippen molar-refractivity contribution in [3.8, 4) is 5.69 Å². The maximum absolute atomic E-state index is 12.0. The van der Waals surface area contributed by atoms with Crippen LogP contribution in [0.2, 0.25) is 0 Å². The highest BCUT2D eigenvalue weighted by Gasteiger charge is 2.38. The number of carboxylic acids is 1. The largest absolute Gasteiger partial charge is 0.490 e. The van der Waals surface area contributed by atoms with Gasteiger partial charge >= 0.3 is 12.1 Å². The number of halogens is 4. The highest BCUT2D eigenvalue weighted by Crippen LogP contribution is 2.13. The van der Waals surface area contributed by atoms with E-state index in [4.69, 9.17) is 9.90 Å². The van der Waals surface area contributed by atoms with Gasteiger partial charge in [-0.3, -0.25) is 9.78 Å². The molecule has 29 heavy (non-hydrogen) atoms. The predicted molar refractivity (Wildman–Crippen MR) is 98.2 cm³/mol. The number of alkyl halides is 3. The summed E-state index contributed by atoms with van der Waals surface area (Å²) in [7, 11) is 0. The lowest BCUT2D eigenvalue weighted by atomic mass is 10.2. The number of amides is 1. The molecule has 152 valence electrons. The molecule has 0 bridgehead atoms. The minimum atomic E-state index is -5.08. The van der Waals surface area contributed by atoms with Crippen molar-refractivity contribution in [3.05, 3.63) is 70.7 Å². The van der Waals surface area contributed by atoms with E-state index in [1.165, 1.54) is 0 Å². The molecule has 0 aliphatic rings. The lowest BCUT2D eigenvalue weighted by Gasteiger charge is -2.03. The van der Waals surface area contributed by atoms with E-state index in [2.05, 4.69) is 36.5 Å². The van der Waals surface area contributed by atoms with Crippen LogP contribution in [0.15, 0.2) is 59.5 Å². The second kappa shape index (κ2) is 9.78. The molecule has 3 rings (SSSR count). The number of benzene rings is 1. The van der Waals surface area contributed by atoms with Gasteiger partial charge in [-0.1, -0.05) is 21.1 Å². The average Bonchev–Trinajstić information content (AvgIpc) is 3.16. The third-order valence-electron chi connectivity index (χ3n) is 3.25. The molecular formula is C17H13BrF3N5O3. The average molecular weight is 472 g/mol. The first-order chi connectivity index (χ1) is 13.7. The van der Waals surface area contributed by atoms with Crippen LogP contribution in [0.4, 0.5) is 13.2 Å². The second-order valence-electron chi connectivity index (χ2n) is 5.35. The summed E-state index contributed by atoms with van der Waals surface area (Å²) in [5.74, 6) is -2.90. The molecule has 1 aromatic carbocycles. The topological polar surface area (TPSA) is 110 Å². The van der Waals surface area contributed by atoms with Crippen molar-refractivity contribution in [1.29, 1.82) is 0 Å². The third-order valence-corrected chi connectivity index (χ3v) is 3.78. The fourth-order valence-corrected chi connectivity index (χ4v) is 2.14. The summed E-state index contributed by atoms with van der Waals surface area (Å²) in [6, 6.07) is 10.8. The first-order valence-electron chi connectivity index (χ1n) is 7.82. The van der Waals surface area contributed by atoms with Crippen LogP contribution in [0.3, 0.4) is 0 Å². The molecule has 0 aliphatic heterocycles. The Bertz CT molecular complexity index is 962. The number of aliphatic carboxylic acids is 1. The van der Waals surface area contributed by atoms with Gasteiger partial charge in [0.05, 0.1) is 18.4 Å². The van der Waals surface area contributed by atoms with Crippen molar-refractivity contribution in [1.82, 2.24) is 25.3 Å². The summed E-state index contributed by atoms with van der Waals surface area (Å²) in [6.45, 7) is 0.319. The fraction of sp³-hybridized carbons (Fsp3) is 0.118. The smallest absolute Gasteiger partial charge is 0.475 e. The molecule has 0 saturated carbocycles. The Labute approximate surface area is 170 Å². The van der Waals surface area contributed by atoms with E-state index in [0.29, 0.717) is 17.8 Å². The fourth-order valence-electron chi connectivity index (χ4n) is 1.88. The third kappa shape index (κ3) is 6.99. The Hall–Kier alpha value is -3.28. The molecule has 0 atom stereocenters. The van der Waals surface area contributed by atoms with Gasteiger partial charge in [0.15, 0.2) is 0 Å². The van der Waals surface area contributed by atoms with Gasteiger partial charge in [0.1, 0.15) is 5.69 Å². The molecule has 0 saturated heterocycles. The number of pyridine rings is 1. The number of hydrogen-bond acceptors (Lipinski definition) is 5. The lowest BCUT2D eigenvalue weighted by molar-refractivity contribution is -0.192. The molecule has 3 aromatic rings. The Morgan fingerprint density at radius 3 is 2.24 bits per heavy atom. The summed E-state index contributed by atoms with van der Waals surface area (Å²) >= 11 is 3.34. The van der Waals surface area contributed by atoms with Crippen molar-refractivity contribution in [2.75, 3.05) is 0 Å². The van der Waals surface area contributed by atoms with Crippen LogP contribution in [0.1, 0.15) is 16.1 Å². The quantitative estimate of drug-likeness (QED) is 0.605. The number of carbonyl (C=O) groups excluding carboxylic acids is 1. The predicted octanol–water partition coefficient (Wildman–Crippen LogP) is 2.99. The van der Waals surface area contributed by atoms with E-state index in [1.807, 2.05) is 24.3 Å². The Morgan fingerprint density at radius 1 is 1.10 bits per heavy atom. The monoisotopic (exact) mass is 471 g/mol. The molecular weight excluding hydrogens is 459 g/mol. The van der Waals surface area contributed by atoms with Gasteiger partial charge in [0.25, 0.3) is 5.91 Å². The van der Waals surface area contributed by atoms with Gasteiger partial charge in [-0.2, -0.15) is 13.2 Å². The van der Waals surface area contributed by atoms with Crippen LogP contribution < -0.4 is 5.32 Å². The number of hydrogen-bond donors (Lipinski definition) is 2. The van der Waals surface area contributed by atoms with Crippen molar-refractivity contribution < 1.29 is 27.9 Å². The van der Waals surface area contributed by atoms with Crippen molar-refractivity contribution in [3.63, 3.8) is 0 Å². The van der Waals surface area contributed by atoms with E-state index in [1.54, 1.807) is 35.4 Å². The summed E-state index contributed by atoms with van der Waals surface area (Å²) in [5, 5.41) is 18.0. The maximum Gasteiger partial charge on any atom is 0.490 e. The molecule has 0 radical (unpaired) electrons. The van der Waals surface area contributed by atoms with Crippen molar-refractivity contribution in [2.45, 2.75) is 12.7 Å². The van der Waals surface area contributed by atoms with E-state index in [-0.39, 0.29) is 5.91 Å². The number of aromatic nitrogens is 4.